The second kappa shape index (κ2) is 9.80. The van der Waals surface area contributed by atoms with Gasteiger partial charge < -0.3 is 14.8 Å². The first kappa shape index (κ1) is 19.8. The van der Waals surface area contributed by atoms with E-state index in [1.54, 1.807) is 18.0 Å². The van der Waals surface area contributed by atoms with Crippen molar-refractivity contribution in [2.75, 3.05) is 26.0 Å². The molecule has 0 unspecified atom stereocenters. The molecule has 8 heteroatoms. The van der Waals surface area contributed by atoms with Crippen LogP contribution in [0.25, 0.3) is 5.69 Å². The number of carbonyl (C=O) groups excluding carboxylic acids is 1. The summed E-state index contributed by atoms with van der Waals surface area (Å²) in [4.78, 5) is 12.1. The van der Waals surface area contributed by atoms with Gasteiger partial charge >= 0.3 is 0 Å². The van der Waals surface area contributed by atoms with E-state index < -0.39 is 0 Å². The number of amides is 1. The van der Waals surface area contributed by atoms with Crippen LogP contribution in [0.4, 0.5) is 0 Å². The molecule has 28 heavy (non-hydrogen) atoms. The van der Waals surface area contributed by atoms with Crippen LogP contribution in [0.5, 0.6) is 11.5 Å². The molecule has 0 saturated heterocycles. The molecule has 2 aromatic carbocycles. The van der Waals surface area contributed by atoms with Gasteiger partial charge in [0.05, 0.1) is 25.1 Å². The highest BCUT2D eigenvalue weighted by atomic mass is 32.2. The Labute approximate surface area is 168 Å². The Balaban J connectivity index is 1.47. The van der Waals surface area contributed by atoms with Crippen LogP contribution in [0.15, 0.2) is 60.0 Å². The van der Waals surface area contributed by atoms with Crippen molar-refractivity contribution in [2.24, 2.45) is 0 Å². The van der Waals surface area contributed by atoms with E-state index in [4.69, 9.17) is 9.47 Å². The summed E-state index contributed by atoms with van der Waals surface area (Å²) in [6.45, 7) is 2.86. The van der Waals surface area contributed by atoms with Gasteiger partial charge in [-0.05, 0) is 36.8 Å². The molecule has 0 atom stereocenters. The molecule has 146 valence electrons. The van der Waals surface area contributed by atoms with E-state index in [0.29, 0.717) is 24.1 Å². The van der Waals surface area contributed by atoms with Crippen molar-refractivity contribution in [3.63, 3.8) is 0 Å². The maximum atomic E-state index is 12.1. The molecule has 0 spiro atoms. The van der Waals surface area contributed by atoms with Crippen LogP contribution in [0.1, 0.15) is 5.56 Å². The Hall–Kier alpha value is -3.00. The predicted octanol–water partition coefficient (Wildman–Crippen LogP) is 2.87. The number of ether oxygens (including phenoxy) is 2. The summed E-state index contributed by atoms with van der Waals surface area (Å²) in [5.41, 5.74) is 1.96. The average molecular weight is 398 g/mol. The minimum Gasteiger partial charge on any atom is -0.495 e. The molecule has 0 radical (unpaired) electrons. The highest BCUT2D eigenvalue weighted by Gasteiger charge is 2.12. The fraction of sp³-hybridized carbons (Fsp3) is 0.250. The molecule has 3 aromatic rings. The molecule has 0 aliphatic heterocycles. The first-order chi connectivity index (χ1) is 13.7. The molecule has 1 amide bonds. The average Bonchev–Trinajstić information content (AvgIpc) is 3.18. The minimum absolute atomic E-state index is 0.0904. The fourth-order valence-electron chi connectivity index (χ4n) is 2.56. The molecule has 0 fully saturated rings. The number of rotatable bonds is 9. The van der Waals surface area contributed by atoms with E-state index in [9.17, 15) is 4.79 Å². The van der Waals surface area contributed by atoms with E-state index >= 15 is 0 Å². The van der Waals surface area contributed by atoms with Crippen LogP contribution in [-0.4, -0.2) is 46.7 Å². The quantitative estimate of drug-likeness (QED) is 0.441. The van der Waals surface area contributed by atoms with Gasteiger partial charge in [-0.15, -0.1) is 10.2 Å². The number of aromatic nitrogens is 3. The fourth-order valence-corrected chi connectivity index (χ4v) is 3.31. The molecule has 1 N–H and O–H groups in total. The van der Waals surface area contributed by atoms with Gasteiger partial charge in [0, 0.05) is 0 Å². The Morgan fingerprint density at radius 1 is 1.21 bits per heavy atom. The van der Waals surface area contributed by atoms with Crippen LogP contribution < -0.4 is 14.8 Å². The topological polar surface area (TPSA) is 78.3 Å². The summed E-state index contributed by atoms with van der Waals surface area (Å²) >= 11 is 1.31. The largest absolute Gasteiger partial charge is 0.495 e. The Bertz CT molecular complexity index is 929. The third-order valence-electron chi connectivity index (χ3n) is 3.88. The normalized spacial score (nSPS) is 10.5. The van der Waals surface area contributed by atoms with Crippen LogP contribution in [-0.2, 0) is 4.79 Å². The van der Waals surface area contributed by atoms with Gasteiger partial charge in [-0.25, -0.2) is 0 Å². The van der Waals surface area contributed by atoms with E-state index in [0.717, 1.165) is 17.0 Å². The summed E-state index contributed by atoms with van der Waals surface area (Å²) in [6.07, 6.45) is 1.60. The van der Waals surface area contributed by atoms with Crippen molar-refractivity contribution in [3.8, 4) is 17.2 Å². The zero-order valence-corrected chi connectivity index (χ0v) is 16.6. The molecular weight excluding hydrogens is 376 g/mol. The molecule has 0 bridgehead atoms. The summed E-state index contributed by atoms with van der Waals surface area (Å²) in [5.74, 6) is 1.65. The lowest BCUT2D eigenvalue weighted by Crippen LogP contribution is -2.29. The zero-order chi connectivity index (χ0) is 19.8. The number of nitrogens with one attached hydrogen (secondary N) is 1. The zero-order valence-electron chi connectivity index (χ0n) is 15.8. The first-order valence-electron chi connectivity index (χ1n) is 8.80. The van der Waals surface area contributed by atoms with Gasteiger partial charge in [0.15, 0.2) is 5.16 Å². The summed E-state index contributed by atoms with van der Waals surface area (Å²) in [7, 11) is 1.61. The number of methoxy groups -OCH3 is 1. The highest BCUT2D eigenvalue weighted by molar-refractivity contribution is 7.99. The number of nitrogens with zero attached hydrogens (tertiary/aromatic N) is 3. The van der Waals surface area contributed by atoms with Crippen LogP contribution in [0.3, 0.4) is 0 Å². The lowest BCUT2D eigenvalue weighted by molar-refractivity contribution is -0.118. The number of hydrogen-bond donors (Lipinski definition) is 1. The lowest BCUT2D eigenvalue weighted by atomic mass is 10.2. The van der Waals surface area contributed by atoms with Gasteiger partial charge in [-0.3, -0.25) is 9.36 Å². The Morgan fingerprint density at radius 3 is 2.89 bits per heavy atom. The van der Waals surface area contributed by atoms with Crippen molar-refractivity contribution in [1.29, 1.82) is 0 Å². The van der Waals surface area contributed by atoms with Crippen molar-refractivity contribution in [2.45, 2.75) is 12.1 Å². The Morgan fingerprint density at radius 2 is 2.07 bits per heavy atom. The van der Waals surface area contributed by atoms with Gasteiger partial charge in [0.1, 0.15) is 24.4 Å². The number of carbonyl (C=O) groups is 1. The van der Waals surface area contributed by atoms with Crippen molar-refractivity contribution >= 4 is 17.7 Å². The highest BCUT2D eigenvalue weighted by Crippen LogP contribution is 2.26. The second-order valence-electron chi connectivity index (χ2n) is 5.96. The second-order valence-corrected chi connectivity index (χ2v) is 6.90. The molecular formula is C20H22N4O3S. The van der Waals surface area contributed by atoms with Gasteiger partial charge in [0.2, 0.25) is 5.91 Å². The molecule has 1 aromatic heterocycles. The van der Waals surface area contributed by atoms with Gasteiger partial charge in [0.25, 0.3) is 0 Å². The maximum absolute atomic E-state index is 12.1. The van der Waals surface area contributed by atoms with E-state index in [1.807, 2.05) is 55.5 Å². The van der Waals surface area contributed by atoms with Gasteiger partial charge in [-0.1, -0.05) is 36.0 Å². The van der Waals surface area contributed by atoms with E-state index in [-0.39, 0.29) is 11.7 Å². The van der Waals surface area contributed by atoms with E-state index in [1.165, 1.54) is 11.8 Å². The lowest BCUT2D eigenvalue weighted by Gasteiger charge is -2.11. The van der Waals surface area contributed by atoms with Crippen LogP contribution in [0, 0.1) is 6.92 Å². The molecule has 0 aliphatic carbocycles. The standard InChI is InChI=1S/C20H22N4O3S/c1-15-6-5-7-16(12-15)27-11-10-21-19(25)13-28-20-23-22-14-24(20)17-8-3-4-9-18(17)26-2/h3-9,12,14H,10-11,13H2,1-2H3,(H,21,25). The number of benzene rings is 2. The van der Waals surface area contributed by atoms with Crippen molar-refractivity contribution < 1.29 is 14.3 Å². The van der Waals surface area contributed by atoms with Crippen LogP contribution >= 0.6 is 11.8 Å². The summed E-state index contributed by atoms with van der Waals surface area (Å²) < 4.78 is 12.8. The maximum Gasteiger partial charge on any atom is 0.230 e. The van der Waals surface area contributed by atoms with Gasteiger partial charge in [-0.2, -0.15) is 0 Å². The first-order valence-corrected chi connectivity index (χ1v) is 9.78. The number of hydrogen-bond acceptors (Lipinski definition) is 6. The monoisotopic (exact) mass is 398 g/mol. The van der Waals surface area contributed by atoms with Crippen molar-refractivity contribution in [1.82, 2.24) is 20.1 Å². The third kappa shape index (κ3) is 5.26. The summed E-state index contributed by atoms with van der Waals surface area (Å²) in [6, 6.07) is 15.4. The smallest absolute Gasteiger partial charge is 0.230 e. The SMILES string of the molecule is COc1ccccc1-n1cnnc1SCC(=O)NCCOc1cccc(C)c1. The summed E-state index contributed by atoms with van der Waals surface area (Å²) in [5, 5.41) is 11.5. The minimum atomic E-state index is -0.0904. The van der Waals surface area contributed by atoms with E-state index in [2.05, 4.69) is 15.5 Å². The molecule has 7 nitrogen and oxygen atoms in total. The number of para-hydroxylation sites is 2. The number of thioether (sulfide) groups is 1. The number of aryl methyl sites for hydroxylation is 1. The molecule has 0 saturated carbocycles. The Kier molecular flexibility index (Phi) is 6.91. The molecule has 1 heterocycles. The molecule has 0 aliphatic rings. The van der Waals surface area contributed by atoms with Crippen molar-refractivity contribution in [3.05, 3.63) is 60.4 Å². The predicted molar refractivity (Wildman–Crippen MR) is 108 cm³/mol. The molecule has 3 rings (SSSR count). The van der Waals surface area contributed by atoms with Crippen LogP contribution in [0.2, 0.25) is 0 Å². The third-order valence-corrected chi connectivity index (χ3v) is 4.82.